The molecule has 2 aliphatic heterocycles. The number of halogens is 1. The average molecular weight is 354 g/mol. The van der Waals surface area contributed by atoms with Crippen molar-refractivity contribution in [2.45, 2.75) is 38.4 Å². The van der Waals surface area contributed by atoms with Gasteiger partial charge in [0.25, 0.3) is 0 Å². The predicted molar refractivity (Wildman–Crippen MR) is 101 cm³/mol. The third-order valence-electron chi connectivity index (χ3n) is 5.53. The molecule has 1 aromatic heterocycles. The van der Waals surface area contributed by atoms with Gasteiger partial charge in [-0.1, -0.05) is 24.3 Å². The largest absolute Gasteiger partial charge is 0.297 e. The van der Waals surface area contributed by atoms with Crippen LogP contribution in [0.4, 0.5) is 4.39 Å². The molecule has 0 unspecified atom stereocenters. The quantitative estimate of drug-likeness (QED) is 0.769. The Kier molecular flexibility index (Phi) is 5.18. The maximum absolute atomic E-state index is 14.0. The highest BCUT2D eigenvalue weighted by Gasteiger charge is 2.26. The molecule has 4 nitrogen and oxygen atoms in total. The number of hydrogen-bond acceptors (Lipinski definition) is 3. The van der Waals surface area contributed by atoms with E-state index in [9.17, 15) is 4.39 Å². The minimum absolute atomic E-state index is 0.0737. The van der Waals surface area contributed by atoms with E-state index >= 15 is 0 Å². The first kappa shape index (κ1) is 17.4. The molecule has 1 atom stereocenters. The van der Waals surface area contributed by atoms with Crippen LogP contribution in [0.25, 0.3) is 0 Å². The van der Waals surface area contributed by atoms with Crippen LogP contribution in [-0.4, -0.2) is 45.8 Å². The fourth-order valence-electron chi connectivity index (χ4n) is 4.27. The van der Waals surface area contributed by atoms with Crippen LogP contribution in [0.3, 0.4) is 0 Å². The molecule has 2 aliphatic rings. The van der Waals surface area contributed by atoms with E-state index < -0.39 is 0 Å². The summed E-state index contributed by atoms with van der Waals surface area (Å²) < 4.78 is 16.2. The first-order valence-corrected chi connectivity index (χ1v) is 9.58. The lowest BCUT2D eigenvalue weighted by Gasteiger charge is -2.17. The molecule has 1 saturated heterocycles. The zero-order valence-corrected chi connectivity index (χ0v) is 15.3. The van der Waals surface area contributed by atoms with Gasteiger partial charge in [-0.2, -0.15) is 5.10 Å². The Labute approximate surface area is 154 Å². The van der Waals surface area contributed by atoms with E-state index in [1.54, 1.807) is 12.1 Å². The third-order valence-corrected chi connectivity index (χ3v) is 5.53. The first-order chi connectivity index (χ1) is 12.7. The number of rotatable bonds is 5. The molecule has 0 bridgehead atoms. The summed E-state index contributed by atoms with van der Waals surface area (Å²) in [7, 11) is 0. The molecule has 0 N–H and O–H groups in total. The van der Waals surface area contributed by atoms with Gasteiger partial charge in [0.1, 0.15) is 5.82 Å². The minimum Gasteiger partial charge on any atom is -0.297 e. The van der Waals surface area contributed by atoms with Crippen LogP contribution < -0.4 is 0 Å². The van der Waals surface area contributed by atoms with Crippen LogP contribution in [0.1, 0.15) is 35.7 Å². The molecule has 0 saturated carbocycles. The normalized spacial score (nSPS) is 21.5. The second-order valence-electron chi connectivity index (χ2n) is 7.47. The van der Waals surface area contributed by atoms with Gasteiger partial charge >= 0.3 is 0 Å². The molecule has 3 heterocycles. The van der Waals surface area contributed by atoms with Gasteiger partial charge in [-0.3, -0.25) is 14.5 Å². The highest BCUT2D eigenvalue weighted by molar-refractivity contribution is 5.23. The minimum atomic E-state index is -0.0737. The Balaban J connectivity index is 1.41. The van der Waals surface area contributed by atoms with Crippen molar-refractivity contribution in [1.82, 2.24) is 19.6 Å². The van der Waals surface area contributed by atoms with E-state index in [1.165, 1.54) is 5.69 Å². The summed E-state index contributed by atoms with van der Waals surface area (Å²) in [4.78, 5) is 4.82. The Morgan fingerprint density at radius 3 is 2.92 bits per heavy atom. The summed E-state index contributed by atoms with van der Waals surface area (Å²) in [5.74, 6) is 0.218. The van der Waals surface area contributed by atoms with Crippen LogP contribution in [0.5, 0.6) is 0 Å². The van der Waals surface area contributed by atoms with Crippen molar-refractivity contribution in [1.29, 1.82) is 0 Å². The number of fused-ring (bicyclic) bond motifs is 1. The molecular weight excluding hydrogens is 327 g/mol. The van der Waals surface area contributed by atoms with Crippen LogP contribution in [0, 0.1) is 5.82 Å². The Morgan fingerprint density at radius 2 is 2.08 bits per heavy atom. The smallest absolute Gasteiger partial charge is 0.126 e. The molecule has 0 spiro atoms. The third kappa shape index (κ3) is 3.74. The van der Waals surface area contributed by atoms with Crippen molar-refractivity contribution in [3.05, 3.63) is 65.8 Å². The van der Waals surface area contributed by atoms with E-state index in [0.717, 1.165) is 69.9 Å². The SMILES string of the molecule is C=CCN1CCCn2nc(CN3CC[C@@H](c4ccccc4F)C3)cc2C1. The van der Waals surface area contributed by atoms with Crippen LogP contribution in [-0.2, 0) is 19.6 Å². The van der Waals surface area contributed by atoms with E-state index in [-0.39, 0.29) is 5.82 Å². The molecule has 0 aliphatic carbocycles. The van der Waals surface area contributed by atoms with Crippen molar-refractivity contribution in [3.8, 4) is 0 Å². The summed E-state index contributed by atoms with van der Waals surface area (Å²) in [6, 6.07) is 9.44. The van der Waals surface area contributed by atoms with Crippen molar-refractivity contribution in [2.75, 3.05) is 26.2 Å². The highest BCUT2D eigenvalue weighted by atomic mass is 19.1. The fourth-order valence-corrected chi connectivity index (χ4v) is 4.27. The van der Waals surface area contributed by atoms with E-state index in [2.05, 4.69) is 27.1 Å². The molecule has 0 radical (unpaired) electrons. The topological polar surface area (TPSA) is 24.3 Å². The number of aromatic nitrogens is 2. The number of aryl methyl sites for hydroxylation is 1. The van der Waals surface area contributed by atoms with Crippen molar-refractivity contribution >= 4 is 0 Å². The molecule has 0 amide bonds. The fraction of sp³-hybridized carbons (Fsp3) is 0.476. The zero-order valence-electron chi connectivity index (χ0n) is 15.3. The van der Waals surface area contributed by atoms with Crippen LogP contribution >= 0.6 is 0 Å². The lowest BCUT2D eigenvalue weighted by atomic mass is 9.98. The maximum atomic E-state index is 14.0. The van der Waals surface area contributed by atoms with Gasteiger partial charge in [0, 0.05) is 45.2 Å². The molecule has 1 fully saturated rings. The molecular formula is C21H27FN4. The van der Waals surface area contributed by atoms with Crippen molar-refractivity contribution in [2.24, 2.45) is 0 Å². The molecule has 26 heavy (non-hydrogen) atoms. The average Bonchev–Trinajstić information content (AvgIpc) is 3.19. The molecule has 5 heteroatoms. The van der Waals surface area contributed by atoms with E-state index in [4.69, 9.17) is 5.10 Å². The molecule has 1 aromatic carbocycles. The van der Waals surface area contributed by atoms with Crippen LogP contribution in [0.15, 0.2) is 43.0 Å². The Hall–Kier alpha value is -1.98. The lowest BCUT2D eigenvalue weighted by molar-refractivity contribution is 0.298. The monoisotopic (exact) mass is 354 g/mol. The maximum Gasteiger partial charge on any atom is 0.126 e. The van der Waals surface area contributed by atoms with Gasteiger partial charge in [0.05, 0.1) is 11.4 Å². The summed E-state index contributed by atoms with van der Waals surface area (Å²) in [6.07, 6.45) is 4.11. The van der Waals surface area contributed by atoms with Gasteiger partial charge in [0.15, 0.2) is 0 Å². The lowest BCUT2D eigenvalue weighted by Crippen LogP contribution is -2.23. The first-order valence-electron chi connectivity index (χ1n) is 9.58. The number of benzene rings is 1. The van der Waals surface area contributed by atoms with Gasteiger partial charge < -0.3 is 0 Å². The Bertz CT molecular complexity index is 769. The summed E-state index contributed by atoms with van der Waals surface area (Å²) in [5.41, 5.74) is 3.29. The van der Waals surface area contributed by atoms with Crippen LogP contribution in [0.2, 0.25) is 0 Å². The molecule has 138 valence electrons. The Morgan fingerprint density at radius 1 is 1.19 bits per heavy atom. The number of likely N-dealkylation sites (tertiary alicyclic amines) is 1. The molecule has 2 aromatic rings. The highest BCUT2D eigenvalue weighted by Crippen LogP contribution is 2.29. The van der Waals surface area contributed by atoms with Gasteiger partial charge in [0.2, 0.25) is 0 Å². The number of hydrogen-bond donors (Lipinski definition) is 0. The number of nitrogens with zero attached hydrogens (tertiary/aromatic N) is 4. The van der Waals surface area contributed by atoms with Gasteiger partial charge in [-0.05, 0) is 37.1 Å². The second kappa shape index (κ2) is 7.72. The standard InChI is InChI=1S/C21H27FN4/c1-2-9-24-10-5-11-26-19(16-24)13-18(23-26)15-25-12-8-17(14-25)20-6-3-4-7-21(20)22/h2-4,6-7,13,17H,1,5,8-12,14-16H2/t17-/m1/s1. The predicted octanol–water partition coefficient (Wildman–Crippen LogP) is 3.40. The van der Waals surface area contributed by atoms with Crippen molar-refractivity contribution < 1.29 is 4.39 Å². The summed E-state index contributed by atoms with van der Waals surface area (Å²) >= 11 is 0. The van der Waals surface area contributed by atoms with Gasteiger partial charge in [-0.15, -0.1) is 6.58 Å². The summed E-state index contributed by atoms with van der Waals surface area (Å²) in [5, 5.41) is 4.83. The molecule has 4 rings (SSSR count). The van der Waals surface area contributed by atoms with Crippen molar-refractivity contribution in [3.63, 3.8) is 0 Å². The van der Waals surface area contributed by atoms with Gasteiger partial charge in [-0.25, -0.2) is 4.39 Å². The van der Waals surface area contributed by atoms with E-state index in [1.807, 2.05) is 18.2 Å². The second-order valence-corrected chi connectivity index (χ2v) is 7.47. The zero-order chi connectivity index (χ0) is 17.9. The van der Waals surface area contributed by atoms with E-state index in [0.29, 0.717) is 5.92 Å². The summed E-state index contributed by atoms with van der Waals surface area (Å²) in [6.45, 7) is 10.6.